The van der Waals surface area contributed by atoms with Crippen molar-refractivity contribution in [2.45, 2.75) is 24.7 Å². The van der Waals surface area contributed by atoms with Crippen LogP contribution >= 0.6 is 11.6 Å². The molecule has 1 amide bonds. The first-order valence-electron chi connectivity index (χ1n) is 8.73. The van der Waals surface area contributed by atoms with Crippen molar-refractivity contribution in [3.63, 3.8) is 0 Å². The highest BCUT2D eigenvalue weighted by Gasteiger charge is 2.18. The number of nitrogens with one attached hydrogen (secondary N) is 1. The van der Waals surface area contributed by atoms with Crippen molar-refractivity contribution in [1.29, 1.82) is 0 Å². The number of rotatable bonds is 4. The lowest BCUT2D eigenvalue weighted by Crippen LogP contribution is -2.32. The van der Waals surface area contributed by atoms with Crippen molar-refractivity contribution in [1.82, 2.24) is 0 Å². The smallest absolute Gasteiger partial charge is 0.255 e. The predicted octanol–water partition coefficient (Wildman–Crippen LogP) is 3.48. The van der Waals surface area contributed by atoms with Crippen LogP contribution in [0, 0.1) is 5.92 Å². The van der Waals surface area contributed by atoms with Gasteiger partial charge in [-0.2, -0.15) is 0 Å². The Morgan fingerprint density at radius 1 is 1.15 bits per heavy atom. The van der Waals surface area contributed by atoms with Crippen molar-refractivity contribution in [3.8, 4) is 0 Å². The first-order chi connectivity index (χ1) is 12.7. The molecule has 2 aromatic carbocycles. The van der Waals surface area contributed by atoms with E-state index < -0.39 is 15.9 Å². The Morgan fingerprint density at radius 2 is 1.78 bits per heavy atom. The molecule has 0 unspecified atom stereocenters. The number of piperidine rings is 1. The van der Waals surface area contributed by atoms with E-state index in [4.69, 9.17) is 16.7 Å². The van der Waals surface area contributed by atoms with Gasteiger partial charge >= 0.3 is 0 Å². The third-order valence-electron chi connectivity index (χ3n) is 4.77. The lowest BCUT2D eigenvalue weighted by atomic mass is 9.99. The van der Waals surface area contributed by atoms with Crippen LogP contribution in [0.2, 0.25) is 5.02 Å². The van der Waals surface area contributed by atoms with Crippen LogP contribution in [-0.2, 0) is 10.0 Å². The maximum absolute atomic E-state index is 12.4. The Kier molecular flexibility index (Phi) is 5.74. The third kappa shape index (κ3) is 4.80. The van der Waals surface area contributed by atoms with E-state index in [1.807, 2.05) is 24.3 Å². The summed E-state index contributed by atoms with van der Waals surface area (Å²) >= 11 is 5.85. The van der Waals surface area contributed by atoms with Crippen LogP contribution < -0.4 is 15.4 Å². The van der Waals surface area contributed by atoms with Crippen molar-refractivity contribution in [2.24, 2.45) is 11.1 Å². The summed E-state index contributed by atoms with van der Waals surface area (Å²) in [6.07, 6.45) is 2.36. The Balaban J connectivity index is 1.71. The number of nitrogens with two attached hydrogens (primary N) is 1. The van der Waals surface area contributed by atoms with Gasteiger partial charge in [-0.25, -0.2) is 13.6 Å². The number of hydrogen-bond acceptors (Lipinski definition) is 4. The van der Waals surface area contributed by atoms with E-state index in [0.29, 0.717) is 5.69 Å². The fourth-order valence-electron chi connectivity index (χ4n) is 3.09. The average molecular weight is 408 g/mol. The quantitative estimate of drug-likeness (QED) is 0.811. The van der Waals surface area contributed by atoms with Gasteiger partial charge in [-0.3, -0.25) is 4.79 Å². The largest absolute Gasteiger partial charge is 0.372 e. The van der Waals surface area contributed by atoms with E-state index in [0.717, 1.165) is 24.7 Å². The number of anilines is 2. The van der Waals surface area contributed by atoms with Crippen LogP contribution in [0.1, 0.15) is 30.1 Å². The van der Waals surface area contributed by atoms with Gasteiger partial charge in [-0.15, -0.1) is 0 Å². The molecule has 0 spiro atoms. The van der Waals surface area contributed by atoms with Gasteiger partial charge in [-0.05, 0) is 61.2 Å². The van der Waals surface area contributed by atoms with E-state index >= 15 is 0 Å². The second-order valence-electron chi connectivity index (χ2n) is 6.86. The zero-order valence-electron chi connectivity index (χ0n) is 15.0. The molecule has 0 bridgehead atoms. The molecule has 0 atom stereocenters. The monoisotopic (exact) mass is 407 g/mol. The number of sulfonamides is 1. The molecular weight excluding hydrogens is 386 g/mol. The van der Waals surface area contributed by atoms with Gasteiger partial charge in [0, 0.05) is 30.0 Å². The molecule has 8 heteroatoms. The van der Waals surface area contributed by atoms with E-state index in [9.17, 15) is 13.2 Å². The molecule has 3 rings (SSSR count). The lowest BCUT2D eigenvalue weighted by molar-refractivity contribution is 0.102. The Hall–Kier alpha value is -2.09. The van der Waals surface area contributed by atoms with Crippen molar-refractivity contribution < 1.29 is 13.2 Å². The molecule has 1 aliphatic rings. The highest BCUT2D eigenvalue weighted by molar-refractivity contribution is 7.89. The van der Waals surface area contributed by atoms with Crippen LogP contribution in [0.5, 0.6) is 0 Å². The number of carbonyl (C=O) groups is 1. The molecule has 1 saturated heterocycles. The lowest BCUT2D eigenvalue weighted by Gasteiger charge is -2.32. The highest BCUT2D eigenvalue weighted by Crippen LogP contribution is 2.25. The number of primary sulfonamides is 1. The zero-order chi connectivity index (χ0) is 19.6. The molecule has 1 fully saturated rings. The maximum atomic E-state index is 12.4. The molecule has 1 heterocycles. The van der Waals surface area contributed by atoms with E-state index in [2.05, 4.69) is 17.1 Å². The van der Waals surface area contributed by atoms with Gasteiger partial charge in [0.05, 0.1) is 5.02 Å². The predicted molar refractivity (Wildman–Crippen MR) is 108 cm³/mol. The van der Waals surface area contributed by atoms with Crippen molar-refractivity contribution >= 4 is 38.9 Å². The van der Waals surface area contributed by atoms with Gasteiger partial charge in [0.25, 0.3) is 5.91 Å². The molecule has 3 N–H and O–H groups in total. The minimum Gasteiger partial charge on any atom is -0.372 e. The summed E-state index contributed by atoms with van der Waals surface area (Å²) in [6.45, 7) is 4.34. The Labute approximate surface area is 164 Å². The first kappa shape index (κ1) is 19.7. The van der Waals surface area contributed by atoms with Crippen molar-refractivity contribution in [2.75, 3.05) is 23.3 Å². The van der Waals surface area contributed by atoms with E-state index in [1.54, 1.807) is 0 Å². The van der Waals surface area contributed by atoms with Gasteiger partial charge in [0.1, 0.15) is 4.90 Å². The van der Waals surface area contributed by atoms with E-state index in [1.165, 1.54) is 31.0 Å². The van der Waals surface area contributed by atoms with Crippen LogP contribution in [0.4, 0.5) is 11.4 Å². The molecule has 0 radical (unpaired) electrons. The fraction of sp³-hybridized carbons (Fsp3) is 0.316. The molecule has 0 aliphatic carbocycles. The fourth-order valence-corrected chi connectivity index (χ4v) is 4.16. The Bertz CT molecular complexity index is 937. The number of halogens is 1. The molecule has 6 nitrogen and oxygen atoms in total. The number of nitrogens with zero attached hydrogens (tertiary/aromatic N) is 1. The van der Waals surface area contributed by atoms with E-state index in [-0.39, 0.29) is 15.5 Å². The number of carbonyl (C=O) groups excluding carboxylic acids is 1. The average Bonchev–Trinajstić information content (AvgIpc) is 2.62. The second-order valence-corrected chi connectivity index (χ2v) is 8.80. The summed E-state index contributed by atoms with van der Waals surface area (Å²) in [6, 6.07) is 11.6. The van der Waals surface area contributed by atoms with Gasteiger partial charge in [0.2, 0.25) is 10.0 Å². The standard InChI is InChI=1S/C19H22ClN3O3S/c1-13-8-10-23(11-9-13)16-5-3-15(4-6-16)22-19(24)14-2-7-17(20)18(12-14)27(21,25)26/h2-7,12-13H,8-11H2,1H3,(H,22,24)(H2,21,25,26). The minimum atomic E-state index is -4.00. The zero-order valence-corrected chi connectivity index (χ0v) is 16.6. The number of benzene rings is 2. The van der Waals surface area contributed by atoms with Gasteiger partial charge in [0.15, 0.2) is 0 Å². The molecular formula is C19H22ClN3O3S. The second kappa shape index (κ2) is 7.88. The molecule has 0 saturated carbocycles. The Morgan fingerprint density at radius 3 is 2.37 bits per heavy atom. The number of amides is 1. The van der Waals surface area contributed by atoms with Gasteiger partial charge < -0.3 is 10.2 Å². The molecule has 2 aromatic rings. The summed E-state index contributed by atoms with van der Waals surface area (Å²) in [5, 5.41) is 7.86. The topological polar surface area (TPSA) is 92.5 Å². The minimum absolute atomic E-state index is 0.0192. The summed E-state index contributed by atoms with van der Waals surface area (Å²) in [4.78, 5) is 14.5. The van der Waals surface area contributed by atoms with Crippen LogP contribution in [0.3, 0.4) is 0 Å². The number of hydrogen-bond donors (Lipinski definition) is 2. The highest BCUT2D eigenvalue weighted by atomic mass is 35.5. The molecule has 144 valence electrons. The third-order valence-corrected chi connectivity index (χ3v) is 6.17. The molecule has 0 aromatic heterocycles. The van der Waals surface area contributed by atoms with Crippen LogP contribution in [-0.4, -0.2) is 27.4 Å². The maximum Gasteiger partial charge on any atom is 0.255 e. The SMILES string of the molecule is CC1CCN(c2ccc(NC(=O)c3ccc(Cl)c(S(N)(=O)=O)c3)cc2)CC1. The van der Waals surface area contributed by atoms with Crippen LogP contribution in [0.25, 0.3) is 0 Å². The summed E-state index contributed by atoms with van der Waals surface area (Å²) in [7, 11) is -4.00. The van der Waals surface area contributed by atoms with Crippen molar-refractivity contribution in [3.05, 3.63) is 53.1 Å². The summed E-state index contributed by atoms with van der Waals surface area (Å²) in [5.41, 5.74) is 1.92. The summed E-state index contributed by atoms with van der Waals surface area (Å²) in [5.74, 6) is 0.331. The normalized spacial score (nSPS) is 15.6. The van der Waals surface area contributed by atoms with Gasteiger partial charge in [-0.1, -0.05) is 18.5 Å². The summed E-state index contributed by atoms with van der Waals surface area (Å²) < 4.78 is 23.1. The van der Waals surface area contributed by atoms with Crippen LogP contribution in [0.15, 0.2) is 47.4 Å². The molecule has 27 heavy (non-hydrogen) atoms. The first-order valence-corrected chi connectivity index (χ1v) is 10.6. The molecule has 1 aliphatic heterocycles.